The molecule has 1 amide bonds. The standard InChI is InChI=1S/C16H25N3O.C7H8O3S/c1-4-6-10-15(11-7-5-2)17-18-16(20)14-9-8-12-19(3)13-14;1-6-2-4-7(5-3-6)11(8,9)10/h8-9,12-13H,4-7,10-11H2,1-3H3;2-5H,1H3,(H,8,9,10)/p+1. The van der Waals surface area contributed by atoms with Crippen LogP contribution in [0.1, 0.15) is 68.3 Å². The van der Waals surface area contributed by atoms with Crippen LogP contribution in [0.2, 0.25) is 0 Å². The van der Waals surface area contributed by atoms with E-state index in [1.807, 2.05) is 30.8 Å². The maximum atomic E-state index is 12.0. The van der Waals surface area contributed by atoms with Crippen LogP contribution in [-0.4, -0.2) is 24.6 Å². The molecule has 0 spiro atoms. The monoisotopic (exact) mass is 448 g/mol. The molecule has 0 aliphatic heterocycles. The predicted molar refractivity (Wildman–Crippen MR) is 123 cm³/mol. The number of rotatable bonds is 9. The van der Waals surface area contributed by atoms with Gasteiger partial charge in [-0.25, -0.2) is 9.99 Å². The lowest BCUT2D eigenvalue weighted by Gasteiger charge is -2.06. The number of nitrogens with zero attached hydrogens (tertiary/aromatic N) is 2. The first kappa shape index (κ1) is 26.5. The summed E-state index contributed by atoms with van der Waals surface area (Å²) < 4.78 is 31.4. The highest BCUT2D eigenvalue weighted by Gasteiger charge is 2.09. The lowest BCUT2D eigenvalue weighted by atomic mass is 10.1. The van der Waals surface area contributed by atoms with Gasteiger partial charge in [0.05, 0.1) is 4.90 Å². The highest BCUT2D eigenvalue weighted by molar-refractivity contribution is 7.85. The van der Waals surface area contributed by atoms with Crippen LogP contribution in [0.5, 0.6) is 0 Å². The molecule has 8 heteroatoms. The van der Waals surface area contributed by atoms with Crippen LogP contribution < -0.4 is 9.99 Å². The number of pyridine rings is 1. The Balaban J connectivity index is 0.000000367. The van der Waals surface area contributed by atoms with Crippen LogP contribution in [0.15, 0.2) is 58.8 Å². The Morgan fingerprint density at radius 2 is 1.65 bits per heavy atom. The van der Waals surface area contributed by atoms with Crippen molar-refractivity contribution in [2.75, 3.05) is 0 Å². The third-order valence-corrected chi connectivity index (χ3v) is 5.34. The molecule has 2 aromatic rings. The van der Waals surface area contributed by atoms with E-state index in [1.165, 1.54) is 12.1 Å². The molecule has 0 unspecified atom stereocenters. The smallest absolute Gasteiger partial charge is 0.282 e. The first-order valence-electron chi connectivity index (χ1n) is 10.5. The number of nitrogens with one attached hydrogen (secondary N) is 1. The second-order valence-corrected chi connectivity index (χ2v) is 8.79. The van der Waals surface area contributed by atoms with Gasteiger partial charge >= 0.3 is 0 Å². The molecule has 1 aromatic carbocycles. The Hall–Kier alpha value is -2.58. The molecule has 0 radical (unpaired) electrons. The number of carbonyl (C=O) groups is 1. The summed E-state index contributed by atoms with van der Waals surface area (Å²) in [5.41, 5.74) is 5.36. The van der Waals surface area contributed by atoms with Gasteiger partial charge in [0.1, 0.15) is 12.6 Å². The molecule has 0 aliphatic carbocycles. The van der Waals surface area contributed by atoms with Crippen molar-refractivity contribution in [1.82, 2.24) is 5.43 Å². The topological polar surface area (TPSA) is 99.7 Å². The minimum Gasteiger partial charge on any atom is -0.282 e. The maximum Gasteiger partial charge on any atom is 0.294 e. The fourth-order valence-electron chi connectivity index (χ4n) is 2.63. The summed E-state index contributed by atoms with van der Waals surface area (Å²) in [6.07, 6.45) is 10.2. The molecule has 2 rings (SSSR count). The Morgan fingerprint density at radius 1 is 1.06 bits per heavy atom. The van der Waals surface area contributed by atoms with E-state index in [4.69, 9.17) is 4.55 Å². The molecular formula is C23H34N3O4S+. The van der Waals surface area contributed by atoms with Crippen molar-refractivity contribution in [2.45, 2.75) is 64.2 Å². The Morgan fingerprint density at radius 3 is 2.13 bits per heavy atom. The Labute approximate surface area is 186 Å². The van der Waals surface area contributed by atoms with Crippen molar-refractivity contribution in [3.8, 4) is 0 Å². The summed E-state index contributed by atoms with van der Waals surface area (Å²) in [4.78, 5) is 12.0. The molecule has 0 atom stereocenters. The molecule has 1 heterocycles. The lowest BCUT2D eigenvalue weighted by molar-refractivity contribution is -0.671. The third-order valence-electron chi connectivity index (χ3n) is 4.47. The van der Waals surface area contributed by atoms with Crippen LogP contribution in [0.25, 0.3) is 0 Å². The zero-order valence-corrected chi connectivity index (χ0v) is 19.7. The summed E-state index contributed by atoms with van der Waals surface area (Å²) in [6.45, 7) is 6.17. The summed E-state index contributed by atoms with van der Waals surface area (Å²) in [5, 5.41) is 4.31. The number of carbonyl (C=O) groups excluding carboxylic acids is 1. The molecular weight excluding hydrogens is 414 g/mol. The van der Waals surface area contributed by atoms with Gasteiger partial charge in [-0.1, -0.05) is 44.4 Å². The molecule has 1 aromatic heterocycles. The van der Waals surface area contributed by atoms with E-state index in [-0.39, 0.29) is 10.8 Å². The first-order valence-corrected chi connectivity index (χ1v) is 12.0. The molecule has 0 saturated heterocycles. The number of amides is 1. The van der Waals surface area contributed by atoms with E-state index in [2.05, 4.69) is 24.4 Å². The molecule has 0 bridgehead atoms. The van der Waals surface area contributed by atoms with Crippen molar-refractivity contribution in [2.24, 2.45) is 12.1 Å². The molecule has 0 saturated carbocycles. The van der Waals surface area contributed by atoms with Crippen LogP contribution in [0, 0.1) is 6.92 Å². The number of benzene rings is 1. The van der Waals surface area contributed by atoms with Gasteiger partial charge in [-0.15, -0.1) is 0 Å². The Kier molecular flexibility index (Phi) is 11.7. The average Bonchev–Trinajstić information content (AvgIpc) is 2.73. The van der Waals surface area contributed by atoms with Gasteiger partial charge in [0.15, 0.2) is 12.4 Å². The van der Waals surface area contributed by atoms with Gasteiger partial charge in [-0.3, -0.25) is 9.35 Å². The van der Waals surface area contributed by atoms with Crippen molar-refractivity contribution in [3.63, 3.8) is 0 Å². The summed E-state index contributed by atoms with van der Waals surface area (Å²) in [5.74, 6) is -0.147. The normalized spacial score (nSPS) is 10.6. The highest BCUT2D eigenvalue weighted by Crippen LogP contribution is 2.08. The summed E-state index contributed by atoms with van der Waals surface area (Å²) in [7, 11) is -2.12. The number of hydrazone groups is 1. The number of hydrogen-bond acceptors (Lipinski definition) is 4. The second kappa shape index (κ2) is 13.7. The zero-order chi connectivity index (χ0) is 23.3. The van der Waals surface area contributed by atoms with Gasteiger partial charge in [0, 0.05) is 11.8 Å². The van der Waals surface area contributed by atoms with Gasteiger partial charge < -0.3 is 0 Å². The molecule has 2 N–H and O–H groups in total. The molecule has 0 fully saturated rings. The number of aryl methyl sites for hydroxylation is 2. The predicted octanol–water partition coefficient (Wildman–Crippen LogP) is 4.22. The van der Waals surface area contributed by atoms with E-state index < -0.39 is 10.1 Å². The van der Waals surface area contributed by atoms with E-state index in [0.717, 1.165) is 49.8 Å². The van der Waals surface area contributed by atoms with Crippen molar-refractivity contribution >= 4 is 21.7 Å². The summed E-state index contributed by atoms with van der Waals surface area (Å²) >= 11 is 0. The van der Waals surface area contributed by atoms with E-state index in [0.29, 0.717) is 5.56 Å². The van der Waals surface area contributed by atoms with Crippen molar-refractivity contribution in [3.05, 3.63) is 59.9 Å². The SMILES string of the molecule is CCCCC(CCCC)=NNC(=O)c1ccc[n+](C)c1.Cc1ccc(S(=O)(=O)O)cc1. The third kappa shape index (κ3) is 10.8. The maximum absolute atomic E-state index is 12.0. The van der Waals surface area contributed by atoms with Gasteiger partial charge in [-0.2, -0.15) is 13.5 Å². The van der Waals surface area contributed by atoms with Crippen LogP contribution in [0.4, 0.5) is 0 Å². The van der Waals surface area contributed by atoms with Crippen LogP contribution >= 0.6 is 0 Å². The fourth-order valence-corrected chi connectivity index (χ4v) is 3.11. The molecule has 0 aliphatic rings. The minimum absolute atomic E-state index is 0.0666. The molecule has 7 nitrogen and oxygen atoms in total. The fraction of sp³-hybridized carbons (Fsp3) is 0.435. The lowest BCUT2D eigenvalue weighted by Crippen LogP contribution is -2.30. The van der Waals surface area contributed by atoms with Gasteiger partial charge in [-0.05, 0) is 50.8 Å². The minimum atomic E-state index is -4.02. The van der Waals surface area contributed by atoms with E-state index in [9.17, 15) is 13.2 Å². The number of unbranched alkanes of at least 4 members (excludes halogenated alkanes) is 2. The quantitative estimate of drug-likeness (QED) is 0.260. The first-order chi connectivity index (χ1) is 14.7. The molecule has 31 heavy (non-hydrogen) atoms. The van der Waals surface area contributed by atoms with Crippen molar-refractivity contribution < 1.29 is 22.3 Å². The van der Waals surface area contributed by atoms with Crippen LogP contribution in [-0.2, 0) is 17.2 Å². The highest BCUT2D eigenvalue weighted by atomic mass is 32.2. The zero-order valence-electron chi connectivity index (χ0n) is 18.8. The second-order valence-electron chi connectivity index (χ2n) is 7.37. The van der Waals surface area contributed by atoms with Crippen molar-refractivity contribution in [1.29, 1.82) is 0 Å². The summed E-state index contributed by atoms with van der Waals surface area (Å²) in [6, 6.07) is 9.64. The van der Waals surface area contributed by atoms with Gasteiger partial charge in [0.25, 0.3) is 16.0 Å². The average molecular weight is 449 g/mol. The number of hydrogen-bond donors (Lipinski definition) is 2. The Bertz CT molecular complexity index is 945. The van der Waals surface area contributed by atoms with Gasteiger partial charge in [0.2, 0.25) is 0 Å². The number of aromatic nitrogens is 1. The molecule has 170 valence electrons. The largest absolute Gasteiger partial charge is 0.294 e. The van der Waals surface area contributed by atoms with E-state index in [1.54, 1.807) is 24.4 Å². The van der Waals surface area contributed by atoms with E-state index >= 15 is 0 Å². The van der Waals surface area contributed by atoms with Crippen LogP contribution in [0.3, 0.4) is 0 Å².